The topological polar surface area (TPSA) is 77.2 Å². The predicted molar refractivity (Wildman–Crippen MR) is 47.8 cm³/mol. The van der Waals surface area contributed by atoms with E-state index in [1.54, 1.807) is 0 Å². The van der Waals surface area contributed by atoms with Gasteiger partial charge in [0.05, 0.1) is 0 Å². The average Bonchev–Trinajstić information content (AvgIpc) is 2.01. The number of primary sulfonamides is 1. The average molecular weight is 217 g/mol. The van der Waals surface area contributed by atoms with E-state index in [-0.39, 0.29) is 11.3 Å². The van der Waals surface area contributed by atoms with Crippen molar-refractivity contribution in [2.24, 2.45) is 5.14 Å². The Morgan fingerprint density at radius 3 is 2.36 bits per heavy atom. The maximum Gasteiger partial charge on any atom is 0.240 e. The molecule has 0 fully saturated rings. The number of carbonyl (C=O) groups is 1. The number of ketones is 1. The summed E-state index contributed by atoms with van der Waals surface area (Å²) >= 11 is 0. The van der Waals surface area contributed by atoms with Crippen LogP contribution in [-0.4, -0.2) is 14.2 Å². The Morgan fingerprint density at radius 1 is 1.43 bits per heavy atom. The standard InChI is InChI=1S/C8H8FNO3S/c1-5(11)6-2-3-8(7(9)4-6)14(10,12)13/h2-4H,1H3,(H2,10,12,13). The molecule has 76 valence electrons. The zero-order valence-electron chi connectivity index (χ0n) is 7.32. The molecule has 0 atom stereocenters. The van der Waals surface area contributed by atoms with Gasteiger partial charge in [-0.2, -0.15) is 0 Å². The lowest BCUT2D eigenvalue weighted by Gasteiger charge is -2.01. The third-order valence-electron chi connectivity index (χ3n) is 1.64. The second kappa shape index (κ2) is 3.47. The molecule has 0 amide bonds. The van der Waals surface area contributed by atoms with E-state index in [4.69, 9.17) is 5.14 Å². The van der Waals surface area contributed by atoms with Crippen LogP contribution in [0.25, 0.3) is 0 Å². The summed E-state index contributed by atoms with van der Waals surface area (Å²) in [5.41, 5.74) is 0.106. The van der Waals surface area contributed by atoms with Gasteiger partial charge in [-0.05, 0) is 25.1 Å². The number of benzene rings is 1. The van der Waals surface area contributed by atoms with Crippen molar-refractivity contribution >= 4 is 15.8 Å². The van der Waals surface area contributed by atoms with E-state index in [1.165, 1.54) is 13.0 Å². The maximum atomic E-state index is 13.1. The number of hydrogen-bond donors (Lipinski definition) is 1. The van der Waals surface area contributed by atoms with E-state index in [0.29, 0.717) is 0 Å². The van der Waals surface area contributed by atoms with E-state index >= 15 is 0 Å². The van der Waals surface area contributed by atoms with E-state index in [9.17, 15) is 17.6 Å². The number of halogens is 1. The molecular weight excluding hydrogens is 209 g/mol. The van der Waals surface area contributed by atoms with E-state index in [2.05, 4.69) is 0 Å². The molecular formula is C8H8FNO3S. The molecule has 0 heterocycles. The van der Waals surface area contributed by atoms with Crippen molar-refractivity contribution in [3.63, 3.8) is 0 Å². The highest BCUT2D eigenvalue weighted by Gasteiger charge is 2.15. The fourth-order valence-electron chi connectivity index (χ4n) is 0.951. The van der Waals surface area contributed by atoms with Crippen LogP contribution in [0.2, 0.25) is 0 Å². The number of rotatable bonds is 2. The Kier molecular flexibility index (Phi) is 2.68. The lowest BCUT2D eigenvalue weighted by molar-refractivity contribution is 0.101. The molecule has 0 aliphatic rings. The highest BCUT2D eigenvalue weighted by molar-refractivity contribution is 7.89. The van der Waals surface area contributed by atoms with Crippen molar-refractivity contribution in [3.05, 3.63) is 29.6 Å². The van der Waals surface area contributed by atoms with Gasteiger partial charge in [0.25, 0.3) is 0 Å². The zero-order chi connectivity index (χ0) is 10.9. The summed E-state index contributed by atoms with van der Waals surface area (Å²) in [4.78, 5) is 10.2. The minimum absolute atomic E-state index is 0.106. The highest BCUT2D eigenvalue weighted by atomic mass is 32.2. The second-order valence-corrected chi connectivity index (χ2v) is 4.28. The molecule has 2 N–H and O–H groups in total. The van der Waals surface area contributed by atoms with E-state index in [0.717, 1.165) is 12.1 Å². The second-order valence-electron chi connectivity index (χ2n) is 2.75. The van der Waals surface area contributed by atoms with Crippen LogP contribution in [0, 0.1) is 5.82 Å². The summed E-state index contributed by atoms with van der Waals surface area (Å²) in [5.74, 6) is -1.36. The van der Waals surface area contributed by atoms with Crippen LogP contribution in [0.3, 0.4) is 0 Å². The fraction of sp³-hybridized carbons (Fsp3) is 0.125. The van der Waals surface area contributed by atoms with Gasteiger partial charge in [-0.15, -0.1) is 0 Å². The van der Waals surface area contributed by atoms with Gasteiger partial charge in [-0.25, -0.2) is 17.9 Å². The van der Waals surface area contributed by atoms with Crippen LogP contribution >= 0.6 is 0 Å². The van der Waals surface area contributed by atoms with Crippen molar-refractivity contribution in [1.82, 2.24) is 0 Å². The van der Waals surface area contributed by atoms with Crippen molar-refractivity contribution in [2.45, 2.75) is 11.8 Å². The Balaban J connectivity index is 3.35. The van der Waals surface area contributed by atoms with E-state index < -0.39 is 20.7 Å². The molecule has 6 heteroatoms. The number of hydrogen-bond acceptors (Lipinski definition) is 3. The van der Waals surface area contributed by atoms with Crippen molar-refractivity contribution in [1.29, 1.82) is 0 Å². The summed E-state index contributed by atoms with van der Waals surface area (Å²) in [6.07, 6.45) is 0. The summed E-state index contributed by atoms with van der Waals surface area (Å²) in [6.45, 7) is 1.26. The van der Waals surface area contributed by atoms with Crippen molar-refractivity contribution in [3.8, 4) is 0 Å². The molecule has 0 saturated heterocycles. The van der Waals surface area contributed by atoms with Gasteiger partial charge in [0.2, 0.25) is 10.0 Å². The molecule has 0 aliphatic heterocycles. The summed E-state index contributed by atoms with van der Waals surface area (Å²) in [5, 5.41) is 4.73. The quantitative estimate of drug-likeness (QED) is 0.740. The Hall–Kier alpha value is -1.27. The summed E-state index contributed by atoms with van der Waals surface area (Å²) in [6, 6.07) is 3.04. The molecule has 0 unspecified atom stereocenters. The first-order valence-electron chi connectivity index (χ1n) is 3.65. The third kappa shape index (κ3) is 2.15. The molecule has 0 aliphatic carbocycles. The van der Waals surface area contributed by atoms with Crippen LogP contribution in [0.1, 0.15) is 17.3 Å². The van der Waals surface area contributed by atoms with Crippen LogP contribution < -0.4 is 5.14 Å². The van der Waals surface area contributed by atoms with Gasteiger partial charge in [0.15, 0.2) is 5.78 Å². The van der Waals surface area contributed by atoms with Crippen LogP contribution in [0.5, 0.6) is 0 Å². The third-order valence-corrected chi connectivity index (χ3v) is 2.59. The van der Waals surface area contributed by atoms with Gasteiger partial charge >= 0.3 is 0 Å². The van der Waals surface area contributed by atoms with Gasteiger partial charge in [0, 0.05) is 5.56 Å². The number of Topliss-reactive ketones (excluding diaryl/α,β-unsaturated/α-hetero) is 1. The van der Waals surface area contributed by atoms with Crippen molar-refractivity contribution in [2.75, 3.05) is 0 Å². The molecule has 1 aromatic carbocycles. The van der Waals surface area contributed by atoms with Crippen molar-refractivity contribution < 1.29 is 17.6 Å². The molecule has 0 aromatic heterocycles. The van der Waals surface area contributed by atoms with Crippen LogP contribution in [0.15, 0.2) is 23.1 Å². The highest BCUT2D eigenvalue weighted by Crippen LogP contribution is 2.14. The maximum absolute atomic E-state index is 13.1. The lowest BCUT2D eigenvalue weighted by atomic mass is 10.1. The van der Waals surface area contributed by atoms with Crippen LogP contribution in [0.4, 0.5) is 4.39 Å². The largest absolute Gasteiger partial charge is 0.295 e. The van der Waals surface area contributed by atoms with E-state index in [1.807, 2.05) is 0 Å². The molecule has 4 nitrogen and oxygen atoms in total. The first-order valence-corrected chi connectivity index (χ1v) is 5.20. The SMILES string of the molecule is CC(=O)c1ccc(S(N)(=O)=O)c(F)c1. The molecule has 0 bridgehead atoms. The Bertz CT molecular complexity index is 481. The smallest absolute Gasteiger partial charge is 0.240 e. The molecule has 1 aromatic rings. The Morgan fingerprint density at radius 2 is 2.00 bits per heavy atom. The molecule has 0 radical (unpaired) electrons. The normalized spacial score (nSPS) is 11.4. The van der Waals surface area contributed by atoms with Gasteiger partial charge < -0.3 is 0 Å². The number of nitrogens with two attached hydrogens (primary N) is 1. The van der Waals surface area contributed by atoms with Crippen LogP contribution in [-0.2, 0) is 10.0 Å². The number of carbonyl (C=O) groups excluding carboxylic acids is 1. The predicted octanol–water partition coefficient (Wildman–Crippen LogP) is 0.676. The minimum atomic E-state index is -4.06. The van der Waals surface area contributed by atoms with Gasteiger partial charge in [-0.1, -0.05) is 0 Å². The summed E-state index contributed by atoms with van der Waals surface area (Å²) < 4.78 is 34.7. The van der Waals surface area contributed by atoms with Gasteiger partial charge in [-0.3, -0.25) is 4.79 Å². The molecule has 1 rings (SSSR count). The minimum Gasteiger partial charge on any atom is -0.295 e. The monoisotopic (exact) mass is 217 g/mol. The molecule has 14 heavy (non-hydrogen) atoms. The molecule has 0 saturated carbocycles. The fourth-order valence-corrected chi connectivity index (χ4v) is 1.54. The zero-order valence-corrected chi connectivity index (χ0v) is 8.14. The molecule has 0 spiro atoms. The van der Waals surface area contributed by atoms with Gasteiger partial charge in [0.1, 0.15) is 10.7 Å². The first-order chi connectivity index (χ1) is 6.32. The Labute approximate surface area is 80.6 Å². The number of sulfonamides is 1. The lowest BCUT2D eigenvalue weighted by Crippen LogP contribution is -2.14. The summed E-state index contributed by atoms with van der Waals surface area (Å²) in [7, 11) is -4.06. The first kappa shape index (κ1) is 10.8.